The summed E-state index contributed by atoms with van der Waals surface area (Å²) >= 11 is 1.44. The highest BCUT2D eigenvalue weighted by Gasteiger charge is 2.10. The van der Waals surface area contributed by atoms with Crippen LogP contribution in [0.5, 0.6) is 0 Å². The van der Waals surface area contributed by atoms with E-state index in [0.717, 1.165) is 5.56 Å². The van der Waals surface area contributed by atoms with Crippen molar-refractivity contribution in [3.05, 3.63) is 41.7 Å². The summed E-state index contributed by atoms with van der Waals surface area (Å²) in [5.41, 5.74) is 3.77. The summed E-state index contributed by atoms with van der Waals surface area (Å²) in [5.74, 6) is 0.583. The second-order valence-electron chi connectivity index (χ2n) is 3.77. The molecule has 0 atom stereocenters. The van der Waals surface area contributed by atoms with Crippen LogP contribution in [-0.4, -0.2) is 27.0 Å². The third-order valence-corrected chi connectivity index (χ3v) is 3.05. The van der Waals surface area contributed by atoms with Crippen molar-refractivity contribution in [2.45, 2.75) is 18.5 Å². The zero-order chi connectivity index (χ0) is 13.0. The average molecular weight is 262 g/mol. The van der Waals surface area contributed by atoms with Gasteiger partial charge in [0.05, 0.1) is 6.42 Å². The van der Waals surface area contributed by atoms with Crippen LogP contribution in [0.15, 0.2) is 35.5 Å². The van der Waals surface area contributed by atoms with E-state index >= 15 is 0 Å². The normalized spacial score (nSPS) is 10.3. The topological polar surface area (TPSA) is 59.8 Å². The third kappa shape index (κ3) is 2.89. The minimum absolute atomic E-state index is 0.0839. The van der Waals surface area contributed by atoms with E-state index in [4.69, 9.17) is 0 Å². The Kier molecular flexibility index (Phi) is 3.99. The zero-order valence-electron chi connectivity index (χ0n) is 10.3. The van der Waals surface area contributed by atoms with E-state index in [2.05, 4.69) is 15.6 Å². The van der Waals surface area contributed by atoms with Gasteiger partial charge in [0.15, 0.2) is 0 Å². The van der Waals surface area contributed by atoms with Crippen LogP contribution in [0.3, 0.4) is 0 Å². The highest BCUT2D eigenvalue weighted by Crippen LogP contribution is 2.11. The molecule has 0 aliphatic rings. The number of benzene rings is 1. The predicted octanol–water partition coefficient (Wildman–Crippen LogP) is 1.62. The lowest BCUT2D eigenvalue weighted by molar-refractivity contribution is -0.116. The molecule has 5 nitrogen and oxygen atoms in total. The SMILES string of the molecule is CSc1nnc(C)n1NC(=O)Cc1ccccc1. The minimum Gasteiger partial charge on any atom is -0.273 e. The molecule has 1 aromatic heterocycles. The Morgan fingerprint density at radius 1 is 1.33 bits per heavy atom. The Bertz CT molecular complexity index is 538. The van der Waals surface area contributed by atoms with Gasteiger partial charge in [0.2, 0.25) is 11.1 Å². The monoisotopic (exact) mass is 262 g/mol. The molecule has 94 valence electrons. The highest BCUT2D eigenvalue weighted by molar-refractivity contribution is 7.98. The first-order valence-electron chi connectivity index (χ1n) is 5.50. The van der Waals surface area contributed by atoms with Gasteiger partial charge >= 0.3 is 0 Å². The van der Waals surface area contributed by atoms with Crippen molar-refractivity contribution < 1.29 is 4.79 Å². The first-order valence-corrected chi connectivity index (χ1v) is 6.73. The van der Waals surface area contributed by atoms with Crippen molar-refractivity contribution in [2.24, 2.45) is 0 Å². The molecule has 0 saturated carbocycles. The number of rotatable bonds is 4. The van der Waals surface area contributed by atoms with Crippen LogP contribution in [0, 0.1) is 6.92 Å². The van der Waals surface area contributed by atoms with Gasteiger partial charge in [-0.05, 0) is 18.7 Å². The van der Waals surface area contributed by atoms with Gasteiger partial charge in [0.1, 0.15) is 5.82 Å². The maximum Gasteiger partial charge on any atom is 0.243 e. The smallest absolute Gasteiger partial charge is 0.243 e. The number of carbonyl (C=O) groups excluding carboxylic acids is 1. The number of amides is 1. The molecule has 0 radical (unpaired) electrons. The molecule has 2 aromatic rings. The van der Waals surface area contributed by atoms with Crippen LogP contribution in [0.4, 0.5) is 0 Å². The molecule has 1 N–H and O–H groups in total. The Morgan fingerprint density at radius 2 is 2.06 bits per heavy atom. The van der Waals surface area contributed by atoms with E-state index < -0.39 is 0 Å². The Labute approximate surface area is 110 Å². The molecule has 0 aliphatic heterocycles. The molecule has 0 saturated heterocycles. The largest absolute Gasteiger partial charge is 0.273 e. The third-order valence-electron chi connectivity index (χ3n) is 2.42. The van der Waals surface area contributed by atoms with E-state index in [1.54, 1.807) is 11.6 Å². The summed E-state index contributed by atoms with van der Waals surface area (Å²) in [4.78, 5) is 11.9. The average Bonchev–Trinajstić information content (AvgIpc) is 2.72. The van der Waals surface area contributed by atoms with E-state index in [1.165, 1.54) is 11.8 Å². The fourth-order valence-corrected chi connectivity index (χ4v) is 2.03. The first-order chi connectivity index (χ1) is 8.70. The summed E-state index contributed by atoms with van der Waals surface area (Å²) in [6.07, 6.45) is 2.23. The molecule has 6 heteroatoms. The van der Waals surface area contributed by atoms with Gasteiger partial charge in [-0.1, -0.05) is 42.1 Å². The molecule has 0 unspecified atom stereocenters. The van der Waals surface area contributed by atoms with E-state index in [0.29, 0.717) is 17.4 Å². The molecule has 1 aromatic carbocycles. The lowest BCUT2D eigenvalue weighted by Gasteiger charge is -2.09. The number of carbonyl (C=O) groups is 1. The number of nitrogens with zero attached hydrogens (tertiary/aromatic N) is 3. The lowest BCUT2D eigenvalue weighted by atomic mass is 10.1. The minimum atomic E-state index is -0.0839. The van der Waals surface area contributed by atoms with Crippen molar-refractivity contribution >= 4 is 17.7 Å². The zero-order valence-corrected chi connectivity index (χ0v) is 11.1. The van der Waals surface area contributed by atoms with Gasteiger partial charge in [0, 0.05) is 0 Å². The number of nitrogens with one attached hydrogen (secondary N) is 1. The molecule has 1 heterocycles. The predicted molar refractivity (Wildman–Crippen MR) is 71.1 cm³/mol. The van der Waals surface area contributed by atoms with Gasteiger partial charge in [-0.3, -0.25) is 10.2 Å². The molecule has 0 bridgehead atoms. The number of aromatic nitrogens is 3. The fourth-order valence-electron chi connectivity index (χ4n) is 1.55. The molecular formula is C12H14N4OS. The van der Waals surface area contributed by atoms with Crippen LogP contribution in [-0.2, 0) is 11.2 Å². The molecule has 0 spiro atoms. The molecular weight excluding hydrogens is 248 g/mol. The summed E-state index contributed by atoms with van der Waals surface area (Å²) in [6.45, 7) is 1.80. The van der Waals surface area contributed by atoms with E-state index in [9.17, 15) is 4.79 Å². The second kappa shape index (κ2) is 5.68. The van der Waals surface area contributed by atoms with Crippen LogP contribution >= 0.6 is 11.8 Å². The van der Waals surface area contributed by atoms with Crippen molar-refractivity contribution in [3.63, 3.8) is 0 Å². The Hall–Kier alpha value is -1.82. The Balaban J connectivity index is 2.05. The van der Waals surface area contributed by atoms with Crippen LogP contribution in [0.2, 0.25) is 0 Å². The molecule has 2 rings (SSSR count). The van der Waals surface area contributed by atoms with Crippen LogP contribution < -0.4 is 5.43 Å². The number of aryl methyl sites for hydroxylation is 1. The number of thioether (sulfide) groups is 1. The van der Waals surface area contributed by atoms with Gasteiger partial charge in [-0.25, -0.2) is 4.68 Å². The summed E-state index contributed by atoms with van der Waals surface area (Å²) in [6, 6.07) is 9.61. The molecule has 1 amide bonds. The Morgan fingerprint density at radius 3 is 2.72 bits per heavy atom. The van der Waals surface area contributed by atoms with Crippen molar-refractivity contribution in [2.75, 3.05) is 11.7 Å². The van der Waals surface area contributed by atoms with Gasteiger partial charge in [-0.15, -0.1) is 10.2 Å². The maximum absolute atomic E-state index is 11.9. The summed E-state index contributed by atoms with van der Waals surface area (Å²) in [5, 5.41) is 8.56. The summed E-state index contributed by atoms with van der Waals surface area (Å²) in [7, 11) is 0. The highest BCUT2D eigenvalue weighted by atomic mass is 32.2. The van der Waals surface area contributed by atoms with Crippen molar-refractivity contribution in [1.29, 1.82) is 0 Å². The number of hydrogen-bond acceptors (Lipinski definition) is 4. The molecule has 0 aliphatic carbocycles. The van der Waals surface area contributed by atoms with E-state index in [-0.39, 0.29) is 5.91 Å². The van der Waals surface area contributed by atoms with Gasteiger partial charge in [0.25, 0.3) is 0 Å². The van der Waals surface area contributed by atoms with Crippen molar-refractivity contribution in [3.8, 4) is 0 Å². The summed E-state index contributed by atoms with van der Waals surface area (Å²) < 4.78 is 1.61. The maximum atomic E-state index is 11.9. The lowest BCUT2D eigenvalue weighted by Crippen LogP contribution is -2.26. The molecule has 18 heavy (non-hydrogen) atoms. The quantitative estimate of drug-likeness (QED) is 0.851. The van der Waals surface area contributed by atoms with Gasteiger partial charge < -0.3 is 0 Å². The van der Waals surface area contributed by atoms with E-state index in [1.807, 2.05) is 36.6 Å². The number of hydrogen-bond donors (Lipinski definition) is 1. The van der Waals surface area contributed by atoms with Crippen molar-refractivity contribution in [1.82, 2.24) is 14.9 Å². The van der Waals surface area contributed by atoms with Crippen LogP contribution in [0.1, 0.15) is 11.4 Å². The fraction of sp³-hybridized carbons (Fsp3) is 0.250. The standard InChI is InChI=1S/C12H14N4OS/c1-9-13-14-12(18-2)16(9)15-11(17)8-10-6-4-3-5-7-10/h3-7H,8H2,1-2H3,(H,15,17). The molecule has 0 fully saturated rings. The van der Waals surface area contributed by atoms with Gasteiger partial charge in [-0.2, -0.15) is 0 Å². The first kappa shape index (κ1) is 12.6. The second-order valence-corrected chi connectivity index (χ2v) is 4.54. The van der Waals surface area contributed by atoms with Crippen LogP contribution in [0.25, 0.3) is 0 Å².